The third-order valence-corrected chi connectivity index (χ3v) is 4.92. The largest absolute Gasteiger partial charge is 0.371 e. The summed E-state index contributed by atoms with van der Waals surface area (Å²) in [6.45, 7) is 1.04. The van der Waals surface area contributed by atoms with Gasteiger partial charge in [-0.05, 0) is 22.6 Å². The summed E-state index contributed by atoms with van der Waals surface area (Å²) in [6, 6.07) is 13.8. The standard InChI is InChI=1S/C18H16N2O3S/c21-18(15-9-16(23-20-15)17-6-3-7-24-17)19-10-14-8-12-4-1-2-5-13(12)11-22-14/h1-7,9,14H,8,10-11H2,(H,19,21). The summed E-state index contributed by atoms with van der Waals surface area (Å²) < 4.78 is 11.0. The first-order valence-electron chi connectivity index (χ1n) is 7.77. The van der Waals surface area contributed by atoms with Crippen molar-refractivity contribution < 1.29 is 14.1 Å². The zero-order valence-corrected chi connectivity index (χ0v) is 13.7. The molecule has 122 valence electrons. The lowest BCUT2D eigenvalue weighted by atomic mass is 9.99. The number of ether oxygens (including phenoxy) is 1. The Morgan fingerprint density at radius 1 is 1.25 bits per heavy atom. The summed E-state index contributed by atoms with van der Waals surface area (Å²) in [5.41, 5.74) is 2.79. The number of rotatable bonds is 4. The zero-order valence-electron chi connectivity index (χ0n) is 12.9. The molecule has 4 rings (SSSR count). The number of carbonyl (C=O) groups is 1. The van der Waals surface area contributed by atoms with Crippen LogP contribution in [0.1, 0.15) is 21.6 Å². The highest BCUT2D eigenvalue weighted by Crippen LogP contribution is 2.25. The molecule has 5 nitrogen and oxygen atoms in total. The monoisotopic (exact) mass is 340 g/mol. The molecule has 3 heterocycles. The zero-order chi connectivity index (χ0) is 16.4. The molecule has 0 saturated heterocycles. The highest BCUT2D eigenvalue weighted by atomic mass is 32.1. The minimum atomic E-state index is -0.246. The van der Waals surface area contributed by atoms with E-state index < -0.39 is 0 Å². The second kappa shape index (κ2) is 6.59. The molecular weight excluding hydrogens is 324 g/mol. The smallest absolute Gasteiger partial charge is 0.273 e. The van der Waals surface area contributed by atoms with Gasteiger partial charge in [-0.2, -0.15) is 0 Å². The van der Waals surface area contributed by atoms with Crippen molar-refractivity contribution in [2.24, 2.45) is 0 Å². The first-order chi connectivity index (χ1) is 11.8. The SMILES string of the molecule is O=C(NCC1Cc2ccccc2CO1)c1cc(-c2cccs2)on1. The summed E-state index contributed by atoms with van der Waals surface area (Å²) >= 11 is 1.55. The van der Waals surface area contributed by atoms with E-state index in [1.165, 1.54) is 11.1 Å². The summed E-state index contributed by atoms with van der Waals surface area (Å²) in [6.07, 6.45) is 0.780. The molecule has 1 amide bonds. The van der Waals surface area contributed by atoms with Gasteiger partial charge in [-0.1, -0.05) is 35.5 Å². The van der Waals surface area contributed by atoms with Crippen LogP contribution in [0.2, 0.25) is 0 Å². The molecule has 0 saturated carbocycles. The van der Waals surface area contributed by atoms with E-state index in [-0.39, 0.29) is 17.7 Å². The van der Waals surface area contributed by atoms with Crippen molar-refractivity contribution in [1.29, 1.82) is 0 Å². The van der Waals surface area contributed by atoms with Gasteiger partial charge in [0.15, 0.2) is 11.5 Å². The molecule has 1 atom stereocenters. The number of hydrogen-bond donors (Lipinski definition) is 1. The van der Waals surface area contributed by atoms with Crippen LogP contribution in [-0.4, -0.2) is 23.7 Å². The number of thiophene rings is 1. The fourth-order valence-electron chi connectivity index (χ4n) is 2.75. The quantitative estimate of drug-likeness (QED) is 0.792. The van der Waals surface area contributed by atoms with Crippen LogP contribution in [0.15, 0.2) is 52.4 Å². The maximum absolute atomic E-state index is 12.2. The molecule has 0 spiro atoms. The van der Waals surface area contributed by atoms with E-state index in [0.717, 1.165) is 11.3 Å². The van der Waals surface area contributed by atoms with Gasteiger partial charge >= 0.3 is 0 Å². The molecule has 0 fully saturated rings. The van der Waals surface area contributed by atoms with E-state index in [0.29, 0.717) is 18.9 Å². The Kier molecular flexibility index (Phi) is 4.15. The maximum Gasteiger partial charge on any atom is 0.273 e. The number of aromatic nitrogens is 1. The lowest BCUT2D eigenvalue weighted by Gasteiger charge is -2.25. The third-order valence-electron chi connectivity index (χ3n) is 4.04. The van der Waals surface area contributed by atoms with E-state index in [1.807, 2.05) is 29.6 Å². The van der Waals surface area contributed by atoms with Crippen molar-refractivity contribution in [3.63, 3.8) is 0 Å². The number of nitrogens with one attached hydrogen (secondary N) is 1. The van der Waals surface area contributed by atoms with Crippen molar-refractivity contribution in [3.8, 4) is 10.6 Å². The highest BCUT2D eigenvalue weighted by molar-refractivity contribution is 7.13. The molecule has 1 aromatic carbocycles. The summed E-state index contributed by atoms with van der Waals surface area (Å²) in [4.78, 5) is 13.2. The first-order valence-corrected chi connectivity index (χ1v) is 8.65. The average Bonchev–Trinajstić information content (AvgIpc) is 3.30. The molecule has 0 aliphatic carbocycles. The van der Waals surface area contributed by atoms with E-state index in [9.17, 15) is 4.79 Å². The van der Waals surface area contributed by atoms with E-state index in [1.54, 1.807) is 17.4 Å². The number of amides is 1. The van der Waals surface area contributed by atoms with Crippen LogP contribution < -0.4 is 5.32 Å². The fraction of sp³-hybridized carbons (Fsp3) is 0.222. The summed E-state index contributed by atoms with van der Waals surface area (Å²) in [5, 5.41) is 8.68. The Hall–Kier alpha value is -2.44. The van der Waals surface area contributed by atoms with E-state index >= 15 is 0 Å². The molecular formula is C18H16N2O3S. The minimum Gasteiger partial charge on any atom is -0.371 e. The van der Waals surface area contributed by atoms with Gasteiger partial charge in [0.25, 0.3) is 5.91 Å². The Labute approximate surface area is 143 Å². The van der Waals surface area contributed by atoms with Crippen molar-refractivity contribution in [2.45, 2.75) is 19.1 Å². The molecule has 0 bridgehead atoms. The Morgan fingerprint density at radius 2 is 2.12 bits per heavy atom. The minimum absolute atomic E-state index is 0.0208. The fourth-order valence-corrected chi connectivity index (χ4v) is 3.43. The molecule has 6 heteroatoms. The molecule has 2 aromatic heterocycles. The van der Waals surface area contributed by atoms with Crippen LogP contribution in [0.25, 0.3) is 10.6 Å². The van der Waals surface area contributed by atoms with Crippen LogP contribution in [0.4, 0.5) is 0 Å². The summed E-state index contributed by atoms with van der Waals surface area (Å²) in [7, 11) is 0. The van der Waals surface area contributed by atoms with Crippen LogP contribution >= 0.6 is 11.3 Å². The van der Waals surface area contributed by atoms with Crippen molar-refractivity contribution in [2.75, 3.05) is 6.54 Å². The van der Waals surface area contributed by atoms with Gasteiger partial charge in [-0.15, -0.1) is 11.3 Å². The molecule has 3 aromatic rings. The van der Waals surface area contributed by atoms with Gasteiger partial charge in [-0.25, -0.2) is 0 Å². The van der Waals surface area contributed by atoms with Gasteiger partial charge < -0.3 is 14.6 Å². The maximum atomic E-state index is 12.2. The molecule has 24 heavy (non-hydrogen) atoms. The average molecular weight is 340 g/mol. The molecule has 1 unspecified atom stereocenters. The second-order valence-electron chi connectivity index (χ2n) is 5.67. The third kappa shape index (κ3) is 3.11. The number of nitrogens with zero attached hydrogens (tertiary/aromatic N) is 1. The number of benzene rings is 1. The lowest BCUT2D eigenvalue weighted by Crippen LogP contribution is -2.36. The molecule has 1 aliphatic rings. The Balaban J connectivity index is 1.36. The van der Waals surface area contributed by atoms with Crippen molar-refractivity contribution in [3.05, 3.63) is 64.7 Å². The van der Waals surface area contributed by atoms with Gasteiger partial charge in [0, 0.05) is 19.0 Å². The van der Waals surface area contributed by atoms with Crippen LogP contribution in [0.3, 0.4) is 0 Å². The topological polar surface area (TPSA) is 64.4 Å². The number of hydrogen-bond acceptors (Lipinski definition) is 5. The molecule has 1 aliphatic heterocycles. The predicted octanol–water partition coefficient (Wildman–Crippen LogP) is 3.27. The first kappa shape index (κ1) is 15.1. The Bertz CT molecular complexity index is 842. The molecule has 1 N–H and O–H groups in total. The van der Waals surface area contributed by atoms with Gasteiger partial charge in [-0.3, -0.25) is 4.79 Å². The lowest BCUT2D eigenvalue weighted by molar-refractivity contribution is 0.0284. The van der Waals surface area contributed by atoms with Gasteiger partial charge in [0.05, 0.1) is 17.6 Å². The molecule has 0 radical (unpaired) electrons. The number of fused-ring (bicyclic) bond motifs is 1. The van der Waals surface area contributed by atoms with E-state index in [2.05, 4.69) is 22.6 Å². The Morgan fingerprint density at radius 3 is 2.96 bits per heavy atom. The van der Waals surface area contributed by atoms with E-state index in [4.69, 9.17) is 9.26 Å². The predicted molar refractivity (Wildman–Crippen MR) is 90.9 cm³/mol. The van der Waals surface area contributed by atoms with Crippen LogP contribution in [0.5, 0.6) is 0 Å². The van der Waals surface area contributed by atoms with Crippen LogP contribution in [-0.2, 0) is 17.8 Å². The van der Waals surface area contributed by atoms with Crippen LogP contribution in [0, 0.1) is 0 Å². The second-order valence-corrected chi connectivity index (χ2v) is 6.62. The van der Waals surface area contributed by atoms with Crippen molar-refractivity contribution >= 4 is 17.2 Å². The normalized spacial score (nSPS) is 16.6. The highest BCUT2D eigenvalue weighted by Gasteiger charge is 2.20. The number of carbonyl (C=O) groups excluding carboxylic acids is 1. The van der Waals surface area contributed by atoms with Gasteiger partial charge in [0.1, 0.15) is 0 Å². The van der Waals surface area contributed by atoms with Gasteiger partial charge in [0.2, 0.25) is 0 Å². The van der Waals surface area contributed by atoms with Crippen molar-refractivity contribution in [1.82, 2.24) is 10.5 Å². The summed E-state index contributed by atoms with van der Waals surface area (Å²) in [5.74, 6) is 0.363.